The van der Waals surface area contributed by atoms with E-state index >= 15 is 0 Å². The second-order valence-electron chi connectivity index (χ2n) is 4.52. The molecular weight excluding hydrogens is 262 g/mol. The summed E-state index contributed by atoms with van der Waals surface area (Å²) in [5.41, 5.74) is 4.82. The van der Waals surface area contributed by atoms with Crippen LogP contribution in [-0.4, -0.2) is 28.9 Å². The Morgan fingerprint density at radius 2 is 2.16 bits per heavy atom. The summed E-state index contributed by atoms with van der Waals surface area (Å²) in [5.74, 6) is -0.123. The Kier molecular flexibility index (Phi) is 5.35. The van der Waals surface area contributed by atoms with Gasteiger partial charge in [-0.2, -0.15) is 0 Å². The van der Waals surface area contributed by atoms with Crippen LogP contribution in [-0.2, 0) is 11.3 Å². The highest BCUT2D eigenvalue weighted by molar-refractivity contribution is 7.09. The molecule has 0 saturated carbocycles. The van der Waals surface area contributed by atoms with Crippen LogP contribution in [0.15, 0.2) is 22.7 Å². The van der Waals surface area contributed by atoms with Crippen molar-refractivity contribution in [3.05, 3.63) is 22.4 Å². The van der Waals surface area contributed by atoms with Crippen LogP contribution in [0.3, 0.4) is 0 Å². The lowest BCUT2D eigenvalue weighted by Gasteiger charge is -2.33. The molecular formula is C13H21N3O2S. The second-order valence-corrected chi connectivity index (χ2v) is 5.55. The Morgan fingerprint density at radius 1 is 1.53 bits per heavy atom. The molecule has 1 aromatic heterocycles. The Morgan fingerprint density at radius 3 is 2.58 bits per heavy atom. The molecule has 0 bridgehead atoms. The van der Waals surface area contributed by atoms with Gasteiger partial charge in [0.2, 0.25) is 5.91 Å². The van der Waals surface area contributed by atoms with E-state index in [0.717, 1.165) is 4.88 Å². The van der Waals surface area contributed by atoms with Crippen LogP contribution in [0.5, 0.6) is 0 Å². The number of thiophene rings is 1. The highest BCUT2D eigenvalue weighted by Crippen LogP contribution is 2.30. The number of carbonyl (C=O) groups excluding carboxylic acids is 1. The van der Waals surface area contributed by atoms with E-state index in [4.69, 9.17) is 10.9 Å². The molecule has 106 valence electrons. The quantitative estimate of drug-likeness (QED) is 0.364. The molecule has 0 radical (unpaired) electrons. The number of amides is 1. The van der Waals surface area contributed by atoms with Crippen LogP contribution in [0.4, 0.5) is 0 Å². The molecule has 0 spiro atoms. The summed E-state index contributed by atoms with van der Waals surface area (Å²) < 4.78 is 0. The zero-order valence-electron chi connectivity index (χ0n) is 11.6. The number of nitrogens with zero attached hydrogens (tertiary/aromatic N) is 2. The zero-order chi connectivity index (χ0) is 14.5. The molecule has 0 atom stereocenters. The van der Waals surface area contributed by atoms with Gasteiger partial charge < -0.3 is 15.8 Å². The van der Waals surface area contributed by atoms with Crippen molar-refractivity contribution in [2.45, 2.75) is 33.2 Å². The molecule has 0 aliphatic carbocycles. The summed E-state index contributed by atoms with van der Waals surface area (Å²) in [6.07, 6.45) is 1.01. The van der Waals surface area contributed by atoms with Crippen LogP contribution in [0.25, 0.3) is 0 Å². The number of hydrogen-bond acceptors (Lipinski definition) is 4. The van der Waals surface area contributed by atoms with Crippen LogP contribution >= 0.6 is 11.3 Å². The Labute approximate surface area is 117 Å². The molecule has 0 aromatic carbocycles. The number of amidine groups is 1. The third kappa shape index (κ3) is 3.07. The van der Waals surface area contributed by atoms with Crippen molar-refractivity contribution in [3.8, 4) is 0 Å². The Balaban J connectivity index is 2.94. The monoisotopic (exact) mass is 283 g/mol. The first-order valence-electron chi connectivity index (χ1n) is 6.27. The van der Waals surface area contributed by atoms with Gasteiger partial charge >= 0.3 is 0 Å². The standard InChI is InChI=1S/C13H21N3O2S/c1-4-13(5-2,11(14)15-18)12(17)16(3)9-10-7-6-8-19-10/h6-8,18H,4-5,9H2,1-3H3,(H2,14,15). The summed E-state index contributed by atoms with van der Waals surface area (Å²) in [6, 6.07) is 3.94. The lowest BCUT2D eigenvalue weighted by atomic mass is 9.79. The normalized spacial score (nSPS) is 12.5. The van der Waals surface area contributed by atoms with E-state index in [0.29, 0.717) is 19.4 Å². The van der Waals surface area contributed by atoms with Crippen molar-refractivity contribution in [1.29, 1.82) is 0 Å². The lowest BCUT2D eigenvalue weighted by Crippen LogP contribution is -2.49. The van der Waals surface area contributed by atoms with E-state index in [1.54, 1.807) is 23.3 Å². The van der Waals surface area contributed by atoms with Crippen molar-refractivity contribution < 1.29 is 10.0 Å². The third-order valence-electron chi connectivity index (χ3n) is 3.53. The van der Waals surface area contributed by atoms with E-state index in [9.17, 15) is 4.79 Å². The average molecular weight is 283 g/mol. The van der Waals surface area contributed by atoms with Gasteiger partial charge in [-0.15, -0.1) is 11.3 Å². The Bertz CT molecular complexity index is 439. The van der Waals surface area contributed by atoms with E-state index in [1.807, 2.05) is 31.4 Å². The number of rotatable bonds is 6. The minimum atomic E-state index is -0.916. The topological polar surface area (TPSA) is 78.9 Å². The molecule has 0 saturated heterocycles. The van der Waals surface area contributed by atoms with Gasteiger partial charge in [-0.05, 0) is 24.3 Å². The van der Waals surface area contributed by atoms with Gasteiger partial charge in [-0.1, -0.05) is 25.1 Å². The first-order chi connectivity index (χ1) is 9.01. The molecule has 0 fully saturated rings. The van der Waals surface area contributed by atoms with Crippen molar-refractivity contribution in [2.75, 3.05) is 7.05 Å². The lowest BCUT2D eigenvalue weighted by molar-refractivity contribution is -0.138. The number of carbonyl (C=O) groups is 1. The fourth-order valence-electron chi connectivity index (χ4n) is 2.19. The van der Waals surface area contributed by atoms with Gasteiger partial charge in [-0.3, -0.25) is 4.79 Å². The van der Waals surface area contributed by atoms with Gasteiger partial charge in [0, 0.05) is 11.9 Å². The van der Waals surface area contributed by atoms with Crippen LogP contribution in [0.2, 0.25) is 0 Å². The minimum Gasteiger partial charge on any atom is -0.409 e. The molecule has 19 heavy (non-hydrogen) atoms. The van der Waals surface area contributed by atoms with Gasteiger partial charge in [0.25, 0.3) is 0 Å². The van der Waals surface area contributed by atoms with Crippen molar-refractivity contribution in [1.82, 2.24) is 4.90 Å². The molecule has 1 rings (SSSR count). The van der Waals surface area contributed by atoms with E-state index in [-0.39, 0.29) is 11.7 Å². The van der Waals surface area contributed by atoms with Gasteiger partial charge in [0.15, 0.2) is 5.84 Å². The molecule has 1 heterocycles. The maximum Gasteiger partial charge on any atom is 0.236 e. The molecule has 1 amide bonds. The van der Waals surface area contributed by atoms with E-state index < -0.39 is 5.41 Å². The summed E-state index contributed by atoms with van der Waals surface area (Å²) in [5, 5.41) is 13.9. The van der Waals surface area contributed by atoms with Gasteiger partial charge in [-0.25, -0.2) is 0 Å². The van der Waals surface area contributed by atoms with Crippen LogP contribution < -0.4 is 5.73 Å². The van der Waals surface area contributed by atoms with Crippen LogP contribution in [0.1, 0.15) is 31.6 Å². The zero-order valence-corrected chi connectivity index (χ0v) is 12.4. The maximum absolute atomic E-state index is 12.6. The number of nitrogens with two attached hydrogens (primary N) is 1. The fraction of sp³-hybridized carbons (Fsp3) is 0.538. The first-order valence-corrected chi connectivity index (χ1v) is 7.15. The van der Waals surface area contributed by atoms with Crippen molar-refractivity contribution in [2.24, 2.45) is 16.3 Å². The predicted octanol–water partition coefficient (Wildman–Crippen LogP) is 2.26. The maximum atomic E-state index is 12.6. The smallest absolute Gasteiger partial charge is 0.236 e. The van der Waals surface area contributed by atoms with E-state index in [1.165, 1.54) is 0 Å². The summed E-state index contributed by atoms with van der Waals surface area (Å²) in [4.78, 5) is 15.4. The molecule has 6 heteroatoms. The number of oxime groups is 1. The fourth-order valence-corrected chi connectivity index (χ4v) is 2.95. The SMILES string of the molecule is CCC(CC)(C(=O)N(C)Cc1cccs1)C(N)=NO. The van der Waals surface area contributed by atoms with E-state index in [2.05, 4.69) is 5.16 Å². The molecule has 0 unspecified atom stereocenters. The largest absolute Gasteiger partial charge is 0.409 e. The first kappa shape index (κ1) is 15.5. The Hall–Kier alpha value is -1.56. The molecule has 0 aliphatic rings. The van der Waals surface area contributed by atoms with Crippen molar-refractivity contribution in [3.63, 3.8) is 0 Å². The van der Waals surface area contributed by atoms with Gasteiger partial charge in [0.05, 0.1) is 6.54 Å². The van der Waals surface area contributed by atoms with Crippen LogP contribution in [0, 0.1) is 5.41 Å². The molecule has 5 nitrogen and oxygen atoms in total. The predicted molar refractivity (Wildman–Crippen MR) is 77.2 cm³/mol. The summed E-state index contributed by atoms with van der Waals surface area (Å²) in [6.45, 7) is 4.29. The molecule has 1 aromatic rings. The minimum absolute atomic E-state index is 0.0134. The van der Waals surface area contributed by atoms with Gasteiger partial charge in [0.1, 0.15) is 5.41 Å². The third-order valence-corrected chi connectivity index (χ3v) is 4.40. The second kappa shape index (κ2) is 6.56. The average Bonchev–Trinajstić information content (AvgIpc) is 2.92. The van der Waals surface area contributed by atoms with Crippen molar-refractivity contribution >= 4 is 23.1 Å². The molecule has 0 aliphatic heterocycles. The highest BCUT2D eigenvalue weighted by Gasteiger charge is 2.41. The number of hydrogen-bond donors (Lipinski definition) is 2. The molecule has 3 N–H and O–H groups in total. The summed E-state index contributed by atoms with van der Waals surface area (Å²) >= 11 is 1.60. The highest BCUT2D eigenvalue weighted by atomic mass is 32.1. The summed E-state index contributed by atoms with van der Waals surface area (Å²) in [7, 11) is 1.74.